The molecule has 0 bridgehead atoms. The molecule has 1 aliphatic rings. The molecule has 0 saturated heterocycles. The van der Waals surface area contributed by atoms with Gasteiger partial charge in [-0.3, -0.25) is 4.79 Å². The van der Waals surface area contributed by atoms with Crippen LogP contribution in [0.1, 0.15) is 38.8 Å². The second-order valence-electron chi connectivity index (χ2n) is 5.82. The number of carboxylic acids is 1. The van der Waals surface area contributed by atoms with E-state index in [1.807, 2.05) is 6.07 Å². The van der Waals surface area contributed by atoms with Gasteiger partial charge in [0, 0.05) is 0 Å². The fraction of sp³-hybridized carbons (Fsp3) is 0.375. The Morgan fingerprint density at radius 2 is 2.22 bits per heavy atom. The summed E-state index contributed by atoms with van der Waals surface area (Å²) >= 11 is 9.08. The van der Waals surface area contributed by atoms with Gasteiger partial charge in [0.2, 0.25) is 5.89 Å². The average Bonchev–Trinajstić information content (AvgIpc) is 3.10. The van der Waals surface area contributed by atoms with E-state index in [1.54, 1.807) is 17.8 Å². The lowest BCUT2D eigenvalue weighted by Gasteiger charge is -2.18. The van der Waals surface area contributed by atoms with Crippen LogP contribution >= 0.6 is 34.7 Å². The van der Waals surface area contributed by atoms with Crippen LogP contribution in [0, 0.1) is 0 Å². The number of halogens is 1. The molecule has 0 fully saturated rings. The summed E-state index contributed by atoms with van der Waals surface area (Å²) in [5.74, 6) is 0.168. The maximum absolute atomic E-state index is 11.2. The van der Waals surface area contributed by atoms with E-state index in [-0.39, 0.29) is 11.2 Å². The van der Waals surface area contributed by atoms with Crippen LogP contribution in [0.15, 0.2) is 27.0 Å². The normalized spacial score (nSPS) is 21.2. The van der Waals surface area contributed by atoms with Crippen LogP contribution < -0.4 is 0 Å². The molecule has 1 unspecified atom stereocenters. The van der Waals surface area contributed by atoms with Crippen LogP contribution in [-0.4, -0.2) is 16.1 Å². The van der Waals surface area contributed by atoms with Crippen molar-refractivity contribution in [1.82, 2.24) is 4.98 Å². The van der Waals surface area contributed by atoms with Crippen LogP contribution in [0.4, 0.5) is 0 Å². The van der Waals surface area contributed by atoms with Gasteiger partial charge < -0.3 is 9.52 Å². The molecule has 0 spiro atoms. The molecular formula is C16H16ClNO3S2. The lowest BCUT2D eigenvalue weighted by atomic mass is 10.0. The van der Waals surface area contributed by atoms with Crippen LogP contribution in [-0.2, 0) is 16.0 Å². The zero-order valence-corrected chi connectivity index (χ0v) is 15.4. The summed E-state index contributed by atoms with van der Waals surface area (Å²) in [6.45, 7) is 6.28. The maximum Gasteiger partial charge on any atom is 0.309 e. The molecule has 0 amide bonds. The summed E-state index contributed by atoms with van der Waals surface area (Å²) in [5, 5.41) is 9.15. The Kier molecular flexibility index (Phi) is 4.33. The molecule has 0 saturated carbocycles. The molecule has 0 radical (unpaired) electrons. The van der Waals surface area contributed by atoms with Crippen LogP contribution in [0.2, 0.25) is 4.34 Å². The fourth-order valence-electron chi connectivity index (χ4n) is 2.68. The number of thioether (sulfide) groups is 1. The van der Waals surface area contributed by atoms with Gasteiger partial charge in [-0.2, -0.15) is 0 Å². The van der Waals surface area contributed by atoms with Gasteiger partial charge in [-0.15, -0.1) is 23.1 Å². The van der Waals surface area contributed by atoms with E-state index in [0.717, 1.165) is 11.3 Å². The van der Waals surface area contributed by atoms with E-state index < -0.39 is 5.97 Å². The zero-order chi connectivity index (χ0) is 16.8. The van der Waals surface area contributed by atoms with Crippen molar-refractivity contribution in [3.63, 3.8) is 0 Å². The SMILES string of the molecule is CC1=C(C)SC(C)(c2nc(CC(=O)O)c(-c3ccc(Cl)s3)o2)C1. The Labute approximate surface area is 147 Å². The van der Waals surface area contributed by atoms with Crippen molar-refractivity contribution in [1.29, 1.82) is 0 Å². The van der Waals surface area contributed by atoms with Gasteiger partial charge in [-0.1, -0.05) is 17.2 Å². The molecule has 1 aliphatic heterocycles. The second-order valence-corrected chi connectivity index (χ2v) is 9.25. The van der Waals surface area contributed by atoms with Gasteiger partial charge in [-0.25, -0.2) is 4.98 Å². The van der Waals surface area contributed by atoms with Crippen LogP contribution in [0.25, 0.3) is 10.6 Å². The van der Waals surface area contributed by atoms with Crippen molar-refractivity contribution in [2.45, 2.75) is 38.4 Å². The Morgan fingerprint density at radius 1 is 1.48 bits per heavy atom. The number of thiophene rings is 1. The number of hydrogen-bond acceptors (Lipinski definition) is 5. The quantitative estimate of drug-likeness (QED) is 0.789. The van der Waals surface area contributed by atoms with Gasteiger partial charge in [0.05, 0.1) is 26.1 Å². The molecule has 23 heavy (non-hydrogen) atoms. The minimum atomic E-state index is -0.927. The van der Waals surface area contributed by atoms with Gasteiger partial charge in [-0.05, 0) is 44.2 Å². The maximum atomic E-state index is 11.2. The predicted molar refractivity (Wildman–Crippen MR) is 94.1 cm³/mol. The highest BCUT2D eigenvalue weighted by atomic mass is 35.5. The second kappa shape index (κ2) is 6.00. The fourth-order valence-corrected chi connectivity index (χ4v) is 5.11. The highest BCUT2D eigenvalue weighted by molar-refractivity contribution is 8.04. The number of oxazole rings is 1. The van der Waals surface area contributed by atoms with E-state index >= 15 is 0 Å². The van der Waals surface area contributed by atoms with Crippen molar-refractivity contribution in [3.8, 4) is 10.6 Å². The number of carboxylic acid groups (broad SMARTS) is 1. The topological polar surface area (TPSA) is 63.3 Å². The Bertz CT molecular complexity index is 792. The van der Waals surface area contributed by atoms with E-state index in [0.29, 0.717) is 21.7 Å². The van der Waals surface area contributed by atoms with Gasteiger partial charge >= 0.3 is 5.97 Å². The highest BCUT2D eigenvalue weighted by Crippen LogP contribution is 2.52. The first-order chi connectivity index (χ1) is 10.8. The lowest BCUT2D eigenvalue weighted by Crippen LogP contribution is -2.14. The number of rotatable bonds is 4. The van der Waals surface area contributed by atoms with Crippen molar-refractivity contribution in [3.05, 3.63) is 38.5 Å². The first-order valence-electron chi connectivity index (χ1n) is 7.11. The summed E-state index contributed by atoms with van der Waals surface area (Å²) in [6.07, 6.45) is 0.682. The summed E-state index contributed by atoms with van der Waals surface area (Å²) < 4.78 is 6.37. The van der Waals surface area contributed by atoms with E-state index in [4.69, 9.17) is 21.1 Å². The van der Waals surface area contributed by atoms with Gasteiger partial charge in [0.15, 0.2) is 5.76 Å². The average molecular weight is 370 g/mol. The molecule has 0 aliphatic carbocycles. The molecule has 0 aromatic carbocycles. The molecule has 4 nitrogen and oxygen atoms in total. The number of aliphatic carboxylic acids is 1. The highest BCUT2D eigenvalue weighted by Gasteiger charge is 2.39. The molecule has 122 valence electrons. The van der Waals surface area contributed by atoms with Gasteiger partial charge in [0.25, 0.3) is 0 Å². The zero-order valence-electron chi connectivity index (χ0n) is 13.0. The Hall–Kier alpha value is -1.24. The first-order valence-corrected chi connectivity index (χ1v) is 9.12. The van der Waals surface area contributed by atoms with E-state index in [2.05, 4.69) is 25.8 Å². The molecule has 3 rings (SSSR count). The first kappa shape index (κ1) is 16.6. The minimum absolute atomic E-state index is 0.166. The molecule has 3 heterocycles. The molecule has 7 heteroatoms. The Balaban J connectivity index is 2.03. The van der Waals surface area contributed by atoms with Crippen molar-refractivity contribution < 1.29 is 14.3 Å². The monoisotopic (exact) mass is 369 g/mol. The number of hydrogen-bond donors (Lipinski definition) is 1. The third kappa shape index (κ3) is 3.20. The predicted octanol–water partition coefficient (Wildman–Crippen LogP) is 5.33. The summed E-state index contributed by atoms with van der Waals surface area (Å²) in [5.41, 5.74) is 1.77. The third-order valence-corrected chi connectivity index (χ3v) is 6.50. The largest absolute Gasteiger partial charge is 0.481 e. The standard InChI is InChI=1S/C16H16ClNO3S2/c1-8-7-16(3,23-9(8)2)15-18-10(6-13(19)20)14(21-15)11-4-5-12(17)22-11/h4-5H,6-7H2,1-3H3,(H,19,20). The van der Waals surface area contributed by atoms with Crippen molar-refractivity contribution >= 4 is 40.7 Å². The van der Waals surface area contributed by atoms with Crippen LogP contribution in [0.5, 0.6) is 0 Å². The molecule has 1 atom stereocenters. The number of carbonyl (C=O) groups is 1. The molecule has 2 aromatic heterocycles. The van der Waals surface area contributed by atoms with Gasteiger partial charge in [0.1, 0.15) is 0 Å². The number of nitrogens with zero attached hydrogens (tertiary/aromatic N) is 1. The van der Waals surface area contributed by atoms with Crippen molar-refractivity contribution in [2.75, 3.05) is 0 Å². The molecule has 1 N–H and O–H groups in total. The van der Waals surface area contributed by atoms with E-state index in [1.165, 1.54) is 21.8 Å². The van der Waals surface area contributed by atoms with Crippen molar-refractivity contribution in [2.24, 2.45) is 0 Å². The summed E-state index contributed by atoms with van der Waals surface area (Å²) in [4.78, 5) is 17.8. The van der Waals surface area contributed by atoms with Crippen LogP contribution in [0.3, 0.4) is 0 Å². The summed E-state index contributed by atoms with van der Waals surface area (Å²) in [6, 6.07) is 3.61. The minimum Gasteiger partial charge on any atom is -0.481 e. The molecule has 2 aromatic rings. The summed E-state index contributed by atoms with van der Waals surface area (Å²) in [7, 11) is 0. The molecular weight excluding hydrogens is 354 g/mol. The van der Waals surface area contributed by atoms with E-state index in [9.17, 15) is 4.79 Å². The number of allylic oxidation sites excluding steroid dienone is 2. The third-order valence-electron chi connectivity index (χ3n) is 3.85. The number of aromatic nitrogens is 1. The smallest absolute Gasteiger partial charge is 0.309 e. The Morgan fingerprint density at radius 3 is 2.74 bits per heavy atom. The lowest BCUT2D eigenvalue weighted by molar-refractivity contribution is -0.136.